The minimum absolute atomic E-state index is 0.115. The van der Waals surface area contributed by atoms with Crippen LogP contribution >= 0.6 is 23.1 Å². The van der Waals surface area contributed by atoms with E-state index < -0.39 is 0 Å². The van der Waals surface area contributed by atoms with Crippen molar-refractivity contribution in [3.8, 4) is 12.3 Å². The smallest absolute Gasteiger partial charge is 0.258 e. The molecule has 0 radical (unpaired) electrons. The van der Waals surface area contributed by atoms with Crippen molar-refractivity contribution in [3.05, 3.63) is 28.6 Å². The van der Waals surface area contributed by atoms with Crippen molar-refractivity contribution in [2.75, 3.05) is 24.6 Å². The Morgan fingerprint density at radius 1 is 1.32 bits per heavy atom. The lowest BCUT2D eigenvalue weighted by Gasteiger charge is -2.30. The predicted octanol–water partition coefficient (Wildman–Crippen LogP) is 3.06. The molecule has 1 aliphatic rings. The molecule has 5 nitrogen and oxygen atoms in total. The van der Waals surface area contributed by atoms with Crippen molar-refractivity contribution >= 4 is 45.1 Å². The summed E-state index contributed by atoms with van der Waals surface area (Å²) in [6.07, 6.45) is 7.62. The third-order valence-corrected chi connectivity index (χ3v) is 6.84. The fourth-order valence-corrected chi connectivity index (χ4v) is 5.07. The molecule has 3 rings (SSSR count). The Morgan fingerprint density at radius 2 is 2.07 bits per heavy atom. The molecule has 2 aromatic rings. The van der Waals surface area contributed by atoms with Crippen molar-refractivity contribution in [2.45, 2.75) is 33.2 Å². The van der Waals surface area contributed by atoms with Crippen LogP contribution in [0, 0.1) is 25.2 Å². The number of fused-ring (bicyclic) bond motifs is 1. The molecule has 0 unspecified atom stereocenters. The number of aromatic nitrogens is 1. The Balaban J connectivity index is 1.63. The number of hydrogen-bond donors (Lipinski definition) is 0. The highest BCUT2D eigenvalue weighted by Gasteiger charge is 2.20. The van der Waals surface area contributed by atoms with Crippen LogP contribution in [-0.4, -0.2) is 45.9 Å². The van der Waals surface area contributed by atoms with Gasteiger partial charge in [0.25, 0.3) is 5.91 Å². The highest BCUT2D eigenvalue weighted by atomic mass is 32.2. The molecule has 0 atom stereocenters. The van der Waals surface area contributed by atoms with E-state index in [9.17, 15) is 9.59 Å². The second-order valence-electron chi connectivity index (χ2n) is 7.21. The number of thiazole rings is 1. The largest absolute Gasteiger partial charge is 0.342 e. The van der Waals surface area contributed by atoms with Gasteiger partial charge >= 0.3 is 0 Å². The second kappa shape index (κ2) is 9.44. The molecule has 1 fully saturated rings. The van der Waals surface area contributed by atoms with Gasteiger partial charge in [-0.05, 0) is 43.4 Å². The summed E-state index contributed by atoms with van der Waals surface area (Å²) in [5.74, 6) is 3.72. The van der Waals surface area contributed by atoms with Crippen LogP contribution in [0.15, 0.2) is 23.2 Å². The topological polar surface area (TPSA) is 54.7 Å². The van der Waals surface area contributed by atoms with Gasteiger partial charge < -0.3 is 9.47 Å². The molecule has 0 aliphatic carbocycles. The third kappa shape index (κ3) is 5.06. The van der Waals surface area contributed by atoms with Crippen molar-refractivity contribution in [2.24, 2.45) is 10.9 Å². The molecule has 7 heteroatoms. The molecule has 1 aliphatic heterocycles. The molecule has 2 heterocycles. The minimum atomic E-state index is -0.237. The monoisotopic (exact) mass is 415 g/mol. The zero-order valence-corrected chi connectivity index (χ0v) is 17.9. The number of carbonyl (C=O) groups excluding carboxylic acids is 2. The number of terminal acetylenes is 1. The molecular weight excluding hydrogens is 390 g/mol. The van der Waals surface area contributed by atoms with Crippen LogP contribution in [0.3, 0.4) is 0 Å². The second-order valence-corrected chi connectivity index (χ2v) is 9.20. The summed E-state index contributed by atoms with van der Waals surface area (Å²) >= 11 is 2.80. The first kappa shape index (κ1) is 20.7. The first-order chi connectivity index (χ1) is 13.5. The number of piperidine rings is 1. The minimum Gasteiger partial charge on any atom is -0.342 e. The fraction of sp³-hybridized carbons (Fsp3) is 0.476. The first-order valence-electron chi connectivity index (χ1n) is 9.44. The van der Waals surface area contributed by atoms with E-state index in [1.54, 1.807) is 0 Å². The molecule has 1 saturated heterocycles. The normalized spacial score (nSPS) is 15.8. The lowest BCUT2D eigenvalue weighted by atomic mass is 9.99. The van der Waals surface area contributed by atoms with E-state index in [0.29, 0.717) is 23.0 Å². The molecule has 1 aromatic heterocycles. The van der Waals surface area contributed by atoms with Gasteiger partial charge in [0.1, 0.15) is 0 Å². The highest BCUT2D eigenvalue weighted by molar-refractivity contribution is 8.00. The van der Waals surface area contributed by atoms with Crippen LogP contribution in [-0.2, 0) is 16.1 Å². The van der Waals surface area contributed by atoms with Gasteiger partial charge in [-0.15, -0.1) is 18.2 Å². The summed E-state index contributed by atoms with van der Waals surface area (Å²) in [6, 6.07) is 6.11. The summed E-state index contributed by atoms with van der Waals surface area (Å²) in [4.78, 5) is 31.4. The summed E-state index contributed by atoms with van der Waals surface area (Å²) < 4.78 is 2.95. The summed E-state index contributed by atoms with van der Waals surface area (Å²) in [5.41, 5.74) is 2.14. The van der Waals surface area contributed by atoms with Gasteiger partial charge in [0.2, 0.25) is 5.91 Å². The van der Waals surface area contributed by atoms with Gasteiger partial charge in [-0.2, -0.15) is 4.99 Å². The van der Waals surface area contributed by atoms with Gasteiger partial charge in [-0.1, -0.05) is 30.2 Å². The van der Waals surface area contributed by atoms with E-state index in [2.05, 4.69) is 23.9 Å². The number of thioether (sulfide) groups is 1. The number of amides is 2. The van der Waals surface area contributed by atoms with Gasteiger partial charge in [0.05, 0.1) is 28.3 Å². The predicted molar refractivity (Wildman–Crippen MR) is 116 cm³/mol. The Bertz CT molecular complexity index is 976. The maximum absolute atomic E-state index is 12.3. The number of likely N-dealkylation sites (tertiary alicyclic amines) is 1. The fourth-order valence-electron chi connectivity index (χ4n) is 3.22. The standard InChI is InChI=1S/C21H25N3O2S2/c1-4-9-24-17-6-5-16(3)12-18(17)28-21(24)22-19(25)13-27-14-20(26)23-10-7-15(2)8-11-23/h1,5-6,12,15H,7-11,13-14H2,2-3H3. The average Bonchev–Trinajstić information content (AvgIpc) is 2.98. The zero-order chi connectivity index (χ0) is 20.1. The lowest BCUT2D eigenvalue weighted by Crippen LogP contribution is -2.39. The van der Waals surface area contributed by atoms with E-state index in [0.717, 1.165) is 41.7 Å². The molecule has 0 saturated carbocycles. The number of aryl methyl sites for hydroxylation is 1. The van der Waals surface area contributed by atoms with Crippen LogP contribution in [0.4, 0.5) is 0 Å². The number of benzene rings is 1. The SMILES string of the molecule is C#CCn1c(=NC(=O)CSCC(=O)N2CCC(C)CC2)sc2cc(C)ccc21. The van der Waals surface area contributed by atoms with E-state index >= 15 is 0 Å². The van der Waals surface area contributed by atoms with Gasteiger partial charge in [-0.25, -0.2) is 0 Å². The van der Waals surface area contributed by atoms with Crippen molar-refractivity contribution < 1.29 is 9.59 Å². The maximum atomic E-state index is 12.3. The molecule has 2 amide bonds. The quantitative estimate of drug-likeness (QED) is 0.706. The highest BCUT2D eigenvalue weighted by Crippen LogP contribution is 2.19. The van der Waals surface area contributed by atoms with Gasteiger partial charge in [0.15, 0.2) is 4.80 Å². The van der Waals surface area contributed by atoms with Gasteiger partial charge in [-0.3, -0.25) is 9.59 Å². The molecule has 0 bridgehead atoms. The zero-order valence-electron chi connectivity index (χ0n) is 16.3. The summed E-state index contributed by atoms with van der Waals surface area (Å²) in [5, 5.41) is 0. The summed E-state index contributed by atoms with van der Waals surface area (Å²) in [7, 11) is 0. The van der Waals surface area contributed by atoms with Crippen molar-refractivity contribution in [1.82, 2.24) is 9.47 Å². The van der Waals surface area contributed by atoms with Gasteiger partial charge in [0, 0.05) is 13.1 Å². The number of rotatable bonds is 5. The molecule has 0 N–H and O–H groups in total. The molecule has 148 valence electrons. The van der Waals surface area contributed by atoms with Crippen LogP contribution in [0.5, 0.6) is 0 Å². The Labute approximate surface area is 173 Å². The summed E-state index contributed by atoms with van der Waals surface area (Å²) in [6.45, 7) is 6.27. The molecule has 1 aromatic carbocycles. The molecular formula is C21H25N3O2S2. The first-order valence-corrected chi connectivity index (χ1v) is 11.4. The van der Waals surface area contributed by atoms with Crippen LogP contribution in [0.25, 0.3) is 10.2 Å². The van der Waals surface area contributed by atoms with E-state index in [4.69, 9.17) is 6.42 Å². The van der Waals surface area contributed by atoms with Crippen LogP contribution < -0.4 is 4.80 Å². The van der Waals surface area contributed by atoms with E-state index in [1.807, 2.05) is 28.5 Å². The Morgan fingerprint density at radius 3 is 2.79 bits per heavy atom. The number of carbonyl (C=O) groups is 2. The Kier molecular flexibility index (Phi) is 6.97. The average molecular weight is 416 g/mol. The Hall–Kier alpha value is -2.04. The van der Waals surface area contributed by atoms with Crippen LogP contribution in [0.1, 0.15) is 25.3 Å². The van der Waals surface area contributed by atoms with Crippen molar-refractivity contribution in [3.63, 3.8) is 0 Å². The van der Waals surface area contributed by atoms with E-state index in [-0.39, 0.29) is 17.6 Å². The molecule has 28 heavy (non-hydrogen) atoms. The lowest BCUT2D eigenvalue weighted by molar-refractivity contribution is -0.129. The van der Waals surface area contributed by atoms with Crippen molar-refractivity contribution in [1.29, 1.82) is 0 Å². The number of nitrogens with zero attached hydrogens (tertiary/aromatic N) is 3. The number of hydrogen-bond acceptors (Lipinski definition) is 4. The molecule has 0 spiro atoms. The maximum Gasteiger partial charge on any atom is 0.258 e. The third-order valence-electron chi connectivity index (χ3n) is 4.90. The van der Waals surface area contributed by atoms with E-state index in [1.165, 1.54) is 23.1 Å². The van der Waals surface area contributed by atoms with Crippen LogP contribution in [0.2, 0.25) is 0 Å².